The first kappa shape index (κ1) is 24.0. The molecular weight excluding hydrogens is 520 g/mol. The van der Waals surface area contributed by atoms with Crippen LogP contribution in [0.1, 0.15) is 0 Å². The van der Waals surface area contributed by atoms with E-state index < -0.39 is 0 Å². The monoisotopic (exact) mass is 546 g/mol. The number of rotatable bonds is 3. The highest BCUT2D eigenvalue weighted by atomic mass is 16.3. The van der Waals surface area contributed by atoms with Gasteiger partial charge in [0.1, 0.15) is 11.2 Å². The fraction of sp³-hybridized carbons (Fsp3) is 0. The van der Waals surface area contributed by atoms with Crippen molar-refractivity contribution in [2.45, 2.75) is 0 Å². The zero-order valence-electron chi connectivity index (χ0n) is 23.4. The summed E-state index contributed by atoms with van der Waals surface area (Å²) >= 11 is 0. The lowest BCUT2D eigenvalue weighted by Gasteiger charge is -2.20. The van der Waals surface area contributed by atoms with Gasteiger partial charge in [0.05, 0.1) is 0 Å². The number of benzene rings is 8. The number of furan rings is 1. The van der Waals surface area contributed by atoms with Crippen LogP contribution in [0, 0.1) is 0 Å². The summed E-state index contributed by atoms with van der Waals surface area (Å²) in [7, 11) is 0. The molecule has 0 aliphatic heterocycles. The van der Waals surface area contributed by atoms with Gasteiger partial charge in [-0.2, -0.15) is 0 Å². The van der Waals surface area contributed by atoms with Gasteiger partial charge in [-0.25, -0.2) is 0 Å². The summed E-state index contributed by atoms with van der Waals surface area (Å²) in [6, 6.07) is 56.8. The van der Waals surface area contributed by atoms with Crippen LogP contribution in [-0.4, -0.2) is 0 Å². The van der Waals surface area contributed by atoms with E-state index in [9.17, 15) is 0 Å². The van der Waals surface area contributed by atoms with E-state index in [1.165, 1.54) is 60.1 Å². The molecule has 0 saturated heterocycles. The minimum atomic E-state index is 0.915. The molecule has 0 N–H and O–H groups in total. The first-order chi connectivity index (χ1) is 21.3. The summed E-state index contributed by atoms with van der Waals surface area (Å²) in [4.78, 5) is 0. The molecular formula is C42H26O. The standard InChI is InChI=1S/C42H26O/c1-2-13-28-26-29(25-24-27(28)12-1)40-33-17-5-7-19-35(33)41(36-20-8-6-18-34(36)40)32-16-4-3-14-30(32)37-21-11-22-38-31-15-9-10-23-39(31)43-42(37)38/h1-26H. The third kappa shape index (κ3) is 3.65. The van der Waals surface area contributed by atoms with Crippen LogP contribution in [0.4, 0.5) is 0 Å². The van der Waals surface area contributed by atoms with Gasteiger partial charge in [-0.1, -0.05) is 146 Å². The van der Waals surface area contributed by atoms with Crippen molar-refractivity contribution >= 4 is 54.3 Å². The first-order valence-corrected chi connectivity index (χ1v) is 14.8. The summed E-state index contributed by atoms with van der Waals surface area (Å²) in [5.41, 5.74) is 9.08. The summed E-state index contributed by atoms with van der Waals surface area (Å²) in [5.74, 6) is 0. The van der Waals surface area contributed by atoms with Crippen molar-refractivity contribution in [2.24, 2.45) is 0 Å². The van der Waals surface area contributed by atoms with Gasteiger partial charge in [-0.15, -0.1) is 0 Å². The molecule has 0 aliphatic rings. The maximum atomic E-state index is 6.52. The minimum Gasteiger partial charge on any atom is -0.455 e. The SMILES string of the molecule is c1ccc(-c2cccc3c2oc2ccccc23)c(-c2c3ccccc3c(-c3ccc4ccccc4c3)c3ccccc23)c1. The van der Waals surface area contributed by atoms with E-state index in [1.807, 2.05) is 6.07 Å². The molecule has 0 atom stereocenters. The predicted octanol–water partition coefficient (Wildman–Crippen LogP) is 12.0. The Balaban J connectivity index is 1.38. The van der Waals surface area contributed by atoms with E-state index in [0.29, 0.717) is 0 Å². The molecule has 0 spiro atoms. The molecule has 200 valence electrons. The van der Waals surface area contributed by atoms with Crippen molar-refractivity contribution in [3.05, 3.63) is 158 Å². The molecule has 0 saturated carbocycles. The van der Waals surface area contributed by atoms with Crippen LogP contribution in [0.15, 0.2) is 162 Å². The van der Waals surface area contributed by atoms with Crippen LogP contribution in [0.3, 0.4) is 0 Å². The lowest BCUT2D eigenvalue weighted by Crippen LogP contribution is -1.93. The van der Waals surface area contributed by atoms with Gasteiger partial charge in [-0.3, -0.25) is 0 Å². The molecule has 1 heteroatoms. The van der Waals surface area contributed by atoms with Gasteiger partial charge in [0.15, 0.2) is 0 Å². The molecule has 0 unspecified atom stereocenters. The van der Waals surface area contributed by atoms with Crippen LogP contribution >= 0.6 is 0 Å². The Morgan fingerprint density at radius 1 is 0.326 bits per heavy atom. The van der Waals surface area contributed by atoms with Gasteiger partial charge < -0.3 is 4.42 Å². The highest BCUT2D eigenvalue weighted by Gasteiger charge is 2.20. The molecule has 8 aromatic carbocycles. The molecule has 1 aromatic heterocycles. The minimum absolute atomic E-state index is 0.915. The first-order valence-electron chi connectivity index (χ1n) is 14.8. The van der Waals surface area contributed by atoms with Crippen molar-refractivity contribution in [1.82, 2.24) is 0 Å². The van der Waals surface area contributed by atoms with Crippen molar-refractivity contribution in [3.63, 3.8) is 0 Å². The van der Waals surface area contributed by atoms with Crippen molar-refractivity contribution in [3.8, 4) is 33.4 Å². The van der Waals surface area contributed by atoms with Gasteiger partial charge in [0.2, 0.25) is 0 Å². The molecule has 9 aromatic rings. The Labute approximate surface area is 249 Å². The summed E-state index contributed by atoms with van der Waals surface area (Å²) < 4.78 is 6.52. The summed E-state index contributed by atoms with van der Waals surface area (Å²) in [5, 5.41) is 9.79. The summed E-state index contributed by atoms with van der Waals surface area (Å²) in [6.07, 6.45) is 0. The maximum absolute atomic E-state index is 6.52. The van der Waals surface area contributed by atoms with Crippen LogP contribution in [0.5, 0.6) is 0 Å². The van der Waals surface area contributed by atoms with Crippen LogP contribution in [0.2, 0.25) is 0 Å². The molecule has 0 bridgehead atoms. The lowest BCUT2D eigenvalue weighted by molar-refractivity contribution is 0.670. The van der Waals surface area contributed by atoms with Crippen LogP contribution in [-0.2, 0) is 0 Å². The Morgan fingerprint density at radius 3 is 1.60 bits per heavy atom. The van der Waals surface area contributed by atoms with Gasteiger partial charge in [0, 0.05) is 16.3 Å². The van der Waals surface area contributed by atoms with Gasteiger partial charge >= 0.3 is 0 Å². The van der Waals surface area contributed by atoms with E-state index in [2.05, 4.69) is 152 Å². The molecule has 43 heavy (non-hydrogen) atoms. The van der Waals surface area contributed by atoms with E-state index in [1.54, 1.807) is 0 Å². The largest absolute Gasteiger partial charge is 0.455 e. The molecule has 0 fully saturated rings. The molecule has 0 radical (unpaired) electrons. The Morgan fingerprint density at radius 2 is 0.860 bits per heavy atom. The van der Waals surface area contributed by atoms with Crippen molar-refractivity contribution in [1.29, 1.82) is 0 Å². The van der Waals surface area contributed by atoms with Crippen molar-refractivity contribution < 1.29 is 4.42 Å². The average Bonchev–Trinajstić information content (AvgIpc) is 3.46. The molecule has 1 heterocycles. The normalized spacial score (nSPS) is 11.7. The van der Waals surface area contributed by atoms with E-state index in [-0.39, 0.29) is 0 Å². The van der Waals surface area contributed by atoms with Gasteiger partial charge in [0.25, 0.3) is 0 Å². The zero-order valence-corrected chi connectivity index (χ0v) is 23.4. The van der Waals surface area contributed by atoms with Gasteiger partial charge in [-0.05, 0) is 72.3 Å². The number of para-hydroxylation sites is 2. The zero-order chi connectivity index (χ0) is 28.3. The summed E-state index contributed by atoms with van der Waals surface area (Å²) in [6.45, 7) is 0. The second-order valence-corrected chi connectivity index (χ2v) is 11.2. The molecule has 0 amide bonds. The van der Waals surface area contributed by atoms with Crippen LogP contribution in [0.25, 0.3) is 87.6 Å². The van der Waals surface area contributed by atoms with E-state index >= 15 is 0 Å². The molecule has 1 nitrogen and oxygen atoms in total. The Hall–Kier alpha value is -5.66. The number of fused-ring (bicyclic) bond motifs is 6. The third-order valence-electron chi connectivity index (χ3n) is 8.86. The average molecular weight is 547 g/mol. The highest BCUT2D eigenvalue weighted by Crippen LogP contribution is 2.47. The fourth-order valence-corrected chi connectivity index (χ4v) is 6.97. The Kier molecular flexibility index (Phi) is 5.27. The van der Waals surface area contributed by atoms with Crippen LogP contribution < -0.4 is 0 Å². The second-order valence-electron chi connectivity index (χ2n) is 11.2. The lowest BCUT2D eigenvalue weighted by atomic mass is 9.83. The third-order valence-corrected chi connectivity index (χ3v) is 8.86. The number of hydrogen-bond acceptors (Lipinski definition) is 1. The number of hydrogen-bond donors (Lipinski definition) is 0. The molecule has 9 rings (SSSR count). The quantitative estimate of drug-likeness (QED) is 0.201. The topological polar surface area (TPSA) is 13.1 Å². The van der Waals surface area contributed by atoms with E-state index in [4.69, 9.17) is 4.42 Å². The van der Waals surface area contributed by atoms with Crippen molar-refractivity contribution in [2.75, 3.05) is 0 Å². The van der Waals surface area contributed by atoms with E-state index in [0.717, 1.165) is 27.5 Å². The maximum Gasteiger partial charge on any atom is 0.143 e. The fourth-order valence-electron chi connectivity index (χ4n) is 6.97. The molecule has 0 aliphatic carbocycles. The second kappa shape index (κ2) is 9.44. The highest BCUT2D eigenvalue weighted by molar-refractivity contribution is 6.23. The predicted molar refractivity (Wildman–Crippen MR) is 183 cm³/mol. The smallest absolute Gasteiger partial charge is 0.143 e. The Bertz CT molecular complexity index is 2460.